The molecule has 8 heteroatoms. The fourth-order valence-corrected chi connectivity index (χ4v) is 2.59. The predicted molar refractivity (Wildman–Crippen MR) is 111 cm³/mol. The highest BCUT2D eigenvalue weighted by atomic mass is 35.5. The van der Waals surface area contributed by atoms with Crippen molar-refractivity contribution in [3.63, 3.8) is 0 Å². The van der Waals surface area contributed by atoms with E-state index in [4.69, 9.17) is 5.73 Å². The van der Waals surface area contributed by atoms with Gasteiger partial charge in [-0.3, -0.25) is 14.4 Å². The molecule has 28 heavy (non-hydrogen) atoms. The molecule has 1 saturated carbocycles. The highest BCUT2D eigenvalue weighted by Gasteiger charge is 2.29. The van der Waals surface area contributed by atoms with Crippen LogP contribution in [0.1, 0.15) is 33.6 Å². The molecule has 0 saturated heterocycles. The Morgan fingerprint density at radius 2 is 1.71 bits per heavy atom. The summed E-state index contributed by atoms with van der Waals surface area (Å²) >= 11 is 0. The second kappa shape index (κ2) is 9.87. The van der Waals surface area contributed by atoms with Crippen LogP contribution in [0.3, 0.4) is 0 Å². The van der Waals surface area contributed by atoms with Crippen molar-refractivity contribution in [1.29, 1.82) is 0 Å². The lowest BCUT2D eigenvalue weighted by molar-refractivity contribution is -0.117. The van der Waals surface area contributed by atoms with Gasteiger partial charge in [0, 0.05) is 30.3 Å². The molecule has 2 aromatic carbocycles. The molecule has 0 heterocycles. The zero-order valence-electron chi connectivity index (χ0n) is 15.2. The van der Waals surface area contributed by atoms with Crippen molar-refractivity contribution in [2.75, 3.05) is 23.7 Å². The molecule has 7 nitrogen and oxygen atoms in total. The summed E-state index contributed by atoms with van der Waals surface area (Å²) in [6, 6.07) is 13.5. The third-order valence-electron chi connectivity index (χ3n) is 4.19. The average molecular weight is 403 g/mol. The van der Waals surface area contributed by atoms with E-state index < -0.39 is 0 Å². The van der Waals surface area contributed by atoms with Crippen molar-refractivity contribution >= 4 is 41.5 Å². The highest BCUT2D eigenvalue weighted by Crippen LogP contribution is 2.30. The number of anilines is 2. The van der Waals surface area contributed by atoms with Gasteiger partial charge in [0.1, 0.15) is 0 Å². The van der Waals surface area contributed by atoms with E-state index in [0.29, 0.717) is 35.6 Å². The Balaban J connectivity index is 0.00000280. The number of rotatable bonds is 7. The lowest BCUT2D eigenvalue weighted by atomic mass is 10.1. The molecule has 0 aromatic heterocycles. The van der Waals surface area contributed by atoms with Gasteiger partial charge in [-0.25, -0.2) is 0 Å². The minimum Gasteiger partial charge on any atom is -0.351 e. The molecule has 1 fully saturated rings. The number of nitrogens with two attached hydrogens (primary N) is 1. The maximum absolute atomic E-state index is 12.6. The van der Waals surface area contributed by atoms with Crippen LogP contribution in [0.5, 0.6) is 0 Å². The molecule has 1 aliphatic carbocycles. The first kappa shape index (κ1) is 21.4. The molecule has 3 amide bonds. The van der Waals surface area contributed by atoms with Crippen LogP contribution >= 0.6 is 12.4 Å². The topological polar surface area (TPSA) is 113 Å². The van der Waals surface area contributed by atoms with E-state index in [9.17, 15) is 14.4 Å². The minimum atomic E-state index is -0.364. The first-order valence-corrected chi connectivity index (χ1v) is 8.88. The summed E-state index contributed by atoms with van der Waals surface area (Å²) in [5, 5.41) is 8.26. The molecule has 0 bridgehead atoms. The first-order chi connectivity index (χ1) is 13.1. The summed E-state index contributed by atoms with van der Waals surface area (Å²) in [6.45, 7) is 0.684. The van der Waals surface area contributed by atoms with Gasteiger partial charge in [0.15, 0.2) is 0 Å². The van der Waals surface area contributed by atoms with Gasteiger partial charge < -0.3 is 21.7 Å². The molecule has 2 aromatic rings. The SMILES string of the molecule is Cl.NCCNC(=O)c1ccccc1NC(=O)c1cccc(NC(=O)C2CC2)c1. The number of benzene rings is 2. The highest BCUT2D eigenvalue weighted by molar-refractivity contribution is 6.09. The Kier molecular flexibility index (Phi) is 7.54. The van der Waals surface area contributed by atoms with E-state index in [1.54, 1.807) is 48.5 Å². The van der Waals surface area contributed by atoms with E-state index in [-0.39, 0.29) is 36.0 Å². The largest absolute Gasteiger partial charge is 0.351 e. The van der Waals surface area contributed by atoms with Crippen LogP contribution in [0.2, 0.25) is 0 Å². The quantitative estimate of drug-likeness (QED) is 0.569. The molecule has 0 unspecified atom stereocenters. The van der Waals surface area contributed by atoms with E-state index >= 15 is 0 Å². The van der Waals surface area contributed by atoms with Crippen LogP contribution in [0.4, 0.5) is 11.4 Å². The minimum absolute atomic E-state index is 0. The first-order valence-electron chi connectivity index (χ1n) is 8.88. The van der Waals surface area contributed by atoms with Crippen molar-refractivity contribution in [3.05, 3.63) is 59.7 Å². The van der Waals surface area contributed by atoms with Crippen molar-refractivity contribution < 1.29 is 14.4 Å². The standard InChI is InChI=1S/C20H22N4O3.ClH/c21-10-11-22-20(27)16-6-1-2-7-17(16)24-19(26)14-4-3-5-15(12-14)23-18(25)13-8-9-13;/h1-7,12-13H,8-11,21H2,(H,22,27)(H,23,25)(H,24,26);1H. The lowest BCUT2D eigenvalue weighted by Gasteiger charge is -2.12. The number of nitrogens with one attached hydrogen (secondary N) is 3. The Bertz CT molecular complexity index is 868. The molecule has 148 valence electrons. The fourth-order valence-electron chi connectivity index (χ4n) is 2.59. The third-order valence-corrected chi connectivity index (χ3v) is 4.19. The molecule has 5 N–H and O–H groups in total. The van der Waals surface area contributed by atoms with Crippen LogP contribution < -0.4 is 21.7 Å². The molecule has 0 radical (unpaired) electrons. The van der Waals surface area contributed by atoms with Gasteiger partial charge >= 0.3 is 0 Å². The van der Waals surface area contributed by atoms with Crippen molar-refractivity contribution in [2.45, 2.75) is 12.8 Å². The van der Waals surface area contributed by atoms with E-state index in [2.05, 4.69) is 16.0 Å². The fraction of sp³-hybridized carbons (Fsp3) is 0.250. The summed E-state index contributed by atoms with van der Waals surface area (Å²) < 4.78 is 0. The Morgan fingerprint density at radius 3 is 2.43 bits per heavy atom. The zero-order chi connectivity index (χ0) is 19.2. The van der Waals surface area contributed by atoms with Gasteiger partial charge in [0.25, 0.3) is 11.8 Å². The van der Waals surface area contributed by atoms with Crippen molar-refractivity contribution in [2.24, 2.45) is 11.7 Å². The second-order valence-corrected chi connectivity index (χ2v) is 6.39. The molecule has 1 aliphatic rings. The molecule has 0 atom stereocenters. The monoisotopic (exact) mass is 402 g/mol. The third kappa shape index (κ3) is 5.55. The summed E-state index contributed by atoms with van der Waals surface area (Å²) in [6.07, 6.45) is 1.82. The summed E-state index contributed by atoms with van der Waals surface area (Å²) in [7, 11) is 0. The Labute approximate surface area is 169 Å². The number of carbonyl (C=O) groups excluding carboxylic acids is 3. The molecule has 0 aliphatic heterocycles. The Morgan fingerprint density at radius 1 is 0.964 bits per heavy atom. The maximum atomic E-state index is 12.6. The number of hydrogen-bond acceptors (Lipinski definition) is 4. The number of hydrogen-bond donors (Lipinski definition) is 4. The lowest BCUT2D eigenvalue weighted by Crippen LogP contribution is -2.30. The Hall–Kier alpha value is -2.90. The van der Waals surface area contributed by atoms with Gasteiger partial charge in [0.2, 0.25) is 5.91 Å². The average Bonchev–Trinajstić information content (AvgIpc) is 3.52. The zero-order valence-corrected chi connectivity index (χ0v) is 16.1. The van der Waals surface area contributed by atoms with Gasteiger partial charge in [-0.15, -0.1) is 12.4 Å². The molecule has 0 spiro atoms. The second-order valence-electron chi connectivity index (χ2n) is 6.39. The van der Waals surface area contributed by atoms with Crippen molar-refractivity contribution in [1.82, 2.24) is 5.32 Å². The van der Waals surface area contributed by atoms with E-state index in [1.807, 2.05) is 0 Å². The maximum Gasteiger partial charge on any atom is 0.255 e. The van der Waals surface area contributed by atoms with Crippen LogP contribution in [0.25, 0.3) is 0 Å². The van der Waals surface area contributed by atoms with Gasteiger partial charge in [0.05, 0.1) is 11.3 Å². The summed E-state index contributed by atoms with van der Waals surface area (Å²) in [5.74, 6) is -0.603. The van der Waals surface area contributed by atoms with Gasteiger partial charge in [-0.05, 0) is 43.2 Å². The number of carbonyl (C=O) groups is 3. The number of amides is 3. The smallest absolute Gasteiger partial charge is 0.255 e. The number of para-hydroxylation sites is 1. The summed E-state index contributed by atoms with van der Waals surface area (Å²) in [4.78, 5) is 36.7. The molecular formula is C20H23ClN4O3. The van der Waals surface area contributed by atoms with Crippen molar-refractivity contribution in [3.8, 4) is 0 Å². The molecule has 3 rings (SSSR count). The van der Waals surface area contributed by atoms with Crippen LogP contribution in [-0.4, -0.2) is 30.8 Å². The van der Waals surface area contributed by atoms with Crippen LogP contribution in [-0.2, 0) is 4.79 Å². The number of halogens is 1. The summed E-state index contributed by atoms with van der Waals surface area (Å²) in [5.41, 5.74) is 7.14. The van der Waals surface area contributed by atoms with E-state index in [0.717, 1.165) is 12.8 Å². The van der Waals surface area contributed by atoms with E-state index in [1.165, 1.54) is 0 Å². The predicted octanol–water partition coefficient (Wildman–Crippen LogP) is 2.40. The molecular weight excluding hydrogens is 380 g/mol. The normalized spacial score (nSPS) is 12.5. The van der Waals surface area contributed by atoms with Gasteiger partial charge in [-0.2, -0.15) is 0 Å². The van der Waals surface area contributed by atoms with Gasteiger partial charge in [-0.1, -0.05) is 18.2 Å². The van der Waals surface area contributed by atoms with Crippen LogP contribution in [0, 0.1) is 5.92 Å². The van der Waals surface area contributed by atoms with Crippen LogP contribution in [0.15, 0.2) is 48.5 Å².